The van der Waals surface area contributed by atoms with Crippen molar-refractivity contribution in [2.75, 3.05) is 12.8 Å². The summed E-state index contributed by atoms with van der Waals surface area (Å²) in [5, 5.41) is 12.7. The summed E-state index contributed by atoms with van der Waals surface area (Å²) in [7, 11) is 0. The largest absolute Gasteiger partial charge is 0.393 e. The molecule has 1 rings (SSSR count). The number of hydrogen-bond acceptors (Lipinski definition) is 3. The third-order valence-electron chi connectivity index (χ3n) is 2.33. The zero-order valence-electron chi connectivity index (χ0n) is 10.2. The Morgan fingerprint density at radius 1 is 1.44 bits per heavy atom. The standard InChI is InChI=1S/C12H15Cl2NO2S/c1-7(16)3-4-15-12(17)8-5-11(18-2)10(14)6-9(8)13/h5-7,16H,3-4H2,1-2H3,(H,15,17). The van der Waals surface area contributed by atoms with Gasteiger partial charge in [-0.05, 0) is 31.7 Å². The van der Waals surface area contributed by atoms with Gasteiger partial charge < -0.3 is 10.4 Å². The molecule has 0 aliphatic heterocycles. The van der Waals surface area contributed by atoms with Crippen molar-refractivity contribution < 1.29 is 9.90 Å². The van der Waals surface area contributed by atoms with E-state index in [0.29, 0.717) is 28.6 Å². The van der Waals surface area contributed by atoms with Crippen LogP contribution < -0.4 is 5.32 Å². The second-order valence-electron chi connectivity index (χ2n) is 3.86. The molecule has 0 spiro atoms. The molecule has 2 N–H and O–H groups in total. The number of amides is 1. The van der Waals surface area contributed by atoms with Gasteiger partial charge in [0.25, 0.3) is 5.91 Å². The number of nitrogens with one attached hydrogen (secondary N) is 1. The van der Waals surface area contributed by atoms with E-state index in [1.165, 1.54) is 11.8 Å². The molecule has 0 aliphatic rings. The van der Waals surface area contributed by atoms with E-state index in [1.807, 2.05) is 6.26 Å². The zero-order chi connectivity index (χ0) is 13.7. The van der Waals surface area contributed by atoms with Gasteiger partial charge in [0.15, 0.2) is 0 Å². The number of aliphatic hydroxyl groups excluding tert-OH is 1. The van der Waals surface area contributed by atoms with Gasteiger partial charge in [-0.3, -0.25) is 4.79 Å². The second-order valence-corrected chi connectivity index (χ2v) is 5.52. The van der Waals surface area contributed by atoms with Gasteiger partial charge >= 0.3 is 0 Å². The van der Waals surface area contributed by atoms with Gasteiger partial charge in [0.2, 0.25) is 0 Å². The van der Waals surface area contributed by atoms with Crippen LogP contribution in [0.4, 0.5) is 0 Å². The third-order valence-corrected chi connectivity index (χ3v) is 3.85. The van der Waals surface area contributed by atoms with E-state index in [4.69, 9.17) is 28.3 Å². The predicted molar refractivity (Wildman–Crippen MR) is 76.9 cm³/mol. The minimum atomic E-state index is -0.437. The fraction of sp³-hybridized carbons (Fsp3) is 0.417. The normalized spacial score (nSPS) is 12.3. The fourth-order valence-corrected chi connectivity index (χ4v) is 2.54. The molecule has 0 saturated heterocycles. The van der Waals surface area contributed by atoms with Gasteiger partial charge in [0.05, 0.1) is 21.7 Å². The first-order valence-corrected chi connectivity index (χ1v) is 7.43. The van der Waals surface area contributed by atoms with E-state index < -0.39 is 6.10 Å². The molecule has 1 aromatic rings. The van der Waals surface area contributed by atoms with Crippen LogP contribution in [0.1, 0.15) is 23.7 Å². The lowest BCUT2D eigenvalue weighted by Gasteiger charge is -2.10. The molecule has 100 valence electrons. The lowest BCUT2D eigenvalue weighted by atomic mass is 10.2. The molecule has 0 fully saturated rings. The zero-order valence-corrected chi connectivity index (χ0v) is 12.5. The number of benzene rings is 1. The molecule has 1 amide bonds. The molecule has 18 heavy (non-hydrogen) atoms. The Morgan fingerprint density at radius 2 is 2.11 bits per heavy atom. The molecule has 6 heteroatoms. The first-order valence-electron chi connectivity index (χ1n) is 5.45. The van der Waals surface area contributed by atoms with E-state index >= 15 is 0 Å². The number of rotatable bonds is 5. The Hall–Kier alpha value is -0.420. The Kier molecular flexibility index (Phi) is 6.29. The van der Waals surface area contributed by atoms with Gasteiger partial charge in [0.1, 0.15) is 0 Å². The van der Waals surface area contributed by atoms with Crippen molar-refractivity contribution in [3.05, 3.63) is 27.7 Å². The van der Waals surface area contributed by atoms with Crippen LogP contribution in [0.5, 0.6) is 0 Å². The highest BCUT2D eigenvalue weighted by Crippen LogP contribution is 2.31. The van der Waals surface area contributed by atoms with Gasteiger partial charge in [-0.15, -0.1) is 11.8 Å². The van der Waals surface area contributed by atoms with Gasteiger partial charge in [-0.25, -0.2) is 0 Å². The predicted octanol–water partition coefficient (Wildman–Crippen LogP) is 3.22. The first kappa shape index (κ1) is 15.6. The molecule has 0 aromatic heterocycles. The third kappa shape index (κ3) is 4.35. The molecule has 1 atom stereocenters. The van der Waals surface area contributed by atoms with Gasteiger partial charge in [-0.1, -0.05) is 23.2 Å². The number of carbonyl (C=O) groups excluding carboxylic acids is 1. The second kappa shape index (κ2) is 7.24. The molecular weight excluding hydrogens is 293 g/mol. The lowest BCUT2D eigenvalue weighted by Crippen LogP contribution is -2.26. The summed E-state index contributed by atoms with van der Waals surface area (Å²) in [5.74, 6) is -0.257. The molecule has 0 saturated carbocycles. The van der Waals surface area contributed by atoms with Crippen LogP contribution in [0, 0.1) is 0 Å². The van der Waals surface area contributed by atoms with Crippen molar-refractivity contribution in [3.63, 3.8) is 0 Å². The highest BCUT2D eigenvalue weighted by molar-refractivity contribution is 7.98. The van der Waals surface area contributed by atoms with Crippen LogP contribution in [-0.4, -0.2) is 29.9 Å². The summed E-state index contributed by atoms with van der Waals surface area (Å²) in [6.07, 6.45) is 1.95. The smallest absolute Gasteiger partial charge is 0.252 e. The van der Waals surface area contributed by atoms with E-state index in [9.17, 15) is 4.79 Å². The number of halogens is 2. The molecule has 0 radical (unpaired) electrons. The molecule has 0 aliphatic carbocycles. The molecular formula is C12H15Cl2NO2S. The van der Waals surface area contributed by atoms with Crippen molar-refractivity contribution in [2.45, 2.75) is 24.3 Å². The number of aliphatic hydroxyl groups is 1. The van der Waals surface area contributed by atoms with Crippen LogP contribution in [0.15, 0.2) is 17.0 Å². The summed E-state index contributed by atoms with van der Waals surface area (Å²) in [5.41, 5.74) is 0.399. The van der Waals surface area contributed by atoms with Gasteiger partial charge in [-0.2, -0.15) is 0 Å². The summed E-state index contributed by atoms with van der Waals surface area (Å²) >= 11 is 13.4. The van der Waals surface area contributed by atoms with Crippen LogP contribution in [0.25, 0.3) is 0 Å². The maximum Gasteiger partial charge on any atom is 0.252 e. The summed E-state index contributed by atoms with van der Waals surface area (Å²) in [6.45, 7) is 2.08. The van der Waals surface area contributed by atoms with E-state index in [1.54, 1.807) is 19.1 Å². The first-order chi connectivity index (χ1) is 8.45. The summed E-state index contributed by atoms with van der Waals surface area (Å²) in [4.78, 5) is 12.7. The highest BCUT2D eigenvalue weighted by Gasteiger charge is 2.13. The Labute approximate surface area is 121 Å². The highest BCUT2D eigenvalue weighted by atomic mass is 35.5. The quantitative estimate of drug-likeness (QED) is 0.821. The lowest BCUT2D eigenvalue weighted by molar-refractivity contribution is 0.0945. The summed E-state index contributed by atoms with van der Waals surface area (Å²) < 4.78 is 0. The maximum atomic E-state index is 11.9. The van der Waals surface area contributed by atoms with Crippen molar-refractivity contribution in [2.24, 2.45) is 0 Å². The molecule has 3 nitrogen and oxygen atoms in total. The Bertz CT molecular complexity index is 438. The monoisotopic (exact) mass is 307 g/mol. The van der Waals surface area contributed by atoms with Gasteiger partial charge in [0, 0.05) is 11.4 Å². The minimum Gasteiger partial charge on any atom is -0.393 e. The Balaban J connectivity index is 2.79. The Morgan fingerprint density at radius 3 is 2.67 bits per heavy atom. The minimum absolute atomic E-state index is 0.257. The van der Waals surface area contributed by atoms with Crippen LogP contribution in [0.3, 0.4) is 0 Å². The van der Waals surface area contributed by atoms with Crippen molar-refractivity contribution in [1.82, 2.24) is 5.32 Å². The molecule has 0 heterocycles. The van der Waals surface area contributed by atoms with E-state index in [2.05, 4.69) is 5.32 Å². The summed E-state index contributed by atoms with van der Waals surface area (Å²) in [6, 6.07) is 3.24. The fourth-order valence-electron chi connectivity index (χ4n) is 1.35. The molecule has 1 unspecified atom stereocenters. The SMILES string of the molecule is CSc1cc(C(=O)NCCC(C)O)c(Cl)cc1Cl. The number of carbonyl (C=O) groups is 1. The maximum absolute atomic E-state index is 11.9. The van der Waals surface area contributed by atoms with Crippen molar-refractivity contribution in [3.8, 4) is 0 Å². The average molecular weight is 308 g/mol. The molecule has 1 aromatic carbocycles. The van der Waals surface area contributed by atoms with Crippen molar-refractivity contribution in [1.29, 1.82) is 0 Å². The van der Waals surface area contributed by atoms with Crippen LogP contribution in [0.2, 0.25) is 10.0 Å². The topological polar surface area (TPSA) is 49.3 Å². The number of hydrogen-bond donors (Lipinski definition) is 2. The van der Waals surface area contributed by atoms with Crippen molar-refractivity contribution >= 4 is 40.9 Å². The molecule has 0 bridgehead atoms. The van der Waals surface area contributed by atoms with Crippen LogP contribution >= 0.6 is 35.0 Å². The van der Waals surface area contributed by atoms with E-state index in [-0.39, 0.29) is 5.91 Å². The number of thioether (sulfide) groups is 1. The van der Waals surface area contributed by atoms with E-state index in [0.717, 1.165) is 4.90 Å². The average Bonchev–Trinajstić information content (AvgIpc) is 2.28. The van der Waals surface area contributed by atoms with Crippen LogP contribution in [-0.2, 0) is 0 Å².